The van der Waals surface area contributed by atoms with E-state index in [4.69, 9.17) is 21.1 Å². The summed E-state index contributed by atoms with van der Waals surface area (Å²) in [5.41, 5.74) is 0.0528. The van der Waals surface area contributed by atoms with E-state index in [1.165, 1.54) is 31.3 Å². The lowest BCUT2D eigenvalue weighted by Crippen LogP contribution is -2.75. The number of pyridine rings is 1. The van der Waals surface area contributed by atoms with Crippen molar-refractivity contribution in [2.45, 2.75) is 44.5 Å². The van der Waals surface area contributed by atoms with Gasteiger partial charge in [0.05, 0.1) is 5.02 Å². The predicted octanol–water partition coefficient (Wildman–Crippen LogP) is 4.26. The molecule has 3 aliphatic rings. The average Bonchev–Trinajstić information content (AvgIpc) is 2.66. The lowest BCUT2D eigenvalue weighted by molar-refractivity contribution is -0.164. The first-order valence-electron chi connectivity index (χ1n) is 9.87. The molecule has 1 atom stereocenters. The number of benzene rings is 1. The van der Waals surface area contributed by atoms with E-state index in [1.807, 2.05) is 0 Å². The van der Waals surface area contributed by atoms with Crippen LogP contribution in [0.5, 0.6) is 11.6 Å². The van der Waals surface area contributed by atoms with Crippen molar-refractivity contribution < 1.29 is 27.8 Å². The number of amides is 1. The summed E-state index contributed by atoms with van der Waals surface area (Å²) in [6.45, 7) is 1.02. The molecule has 1 heterocycles. The number of aromatic nitrogens is 1. The Balaban J connectivity index is 1.22. The molecular formula is C22H21ClF2N2O4. The van der Waals surface area contributed by atoms with Crippen LogP contribution in [0.25, 0.3) is 0 Å². The van der Waals surface area contributed by atoms with Crippen LogP contribution >= 0.6 is 11.6 Å². The molecular weight excluding hydrogens is 430 g/mol. The smallest absolute Gasteiger partial charge is 0.258 e. The summed E-state index contributed by atoms with van der Waals surface area (Å²) in [5, 5.41) is 2.94. The molecule has 1 aromatic carbocycles. The molecule has 1 amide bonds. The van der Waals surface area contributed by atoms with Gasteiger partial charge in [-0.3, -0.25) is 9.59 Å². The Bertz CT molecular complexity index is 993. The number of carbonyl (C=O) groups excluding carboxylic acids is 2. The van der Waals surface area contributed by atoms with Crippen molar-refractivity contribution in [1.82, 2.24) is 10.3 Å². The first-order valence-corrected chi connectivity index (χ1v) is 10.2. The average molecular weight is 451 g/mol. The molecule has 1 aromatic heterocycles. The van der Waals surface area contributed by atoms with Crippen LogP contribution in [0.15, 0.2) is 36.5 Å². The van der Waals surface area contributed by atoms with E-state index in [0.29, 0.717) is 12.0 Å². The summed E-state index contributed by atoms with van der Waals surface area (Å²) >= 11 is 5.62. The first kappa shape index (κ1) is 21.5. The molecule has 5 rings (SSSR count). The van der Waals surface area contributed by atoms with Crippen molar-refractivity contribution >= 4 is 23.3 Å². The number of Topliss-reactive ketones (excluding diaryl/α,β-unsaturated/α-hetero) is 1. The van der Waals surface area contributed by atoms with Crippen LogP contribution in [0.3, 0.4) is 0 Å². The standard InChI is InChI=1S/C22H21ClF2N2O4/c1-13(24)31-20-5-2-14(8-26-20)18(28)7-21-10-22(11-21,12-21)27-19(29)9-30-15-3-4-16(23)17(25)6-15/h2-6,8,13H,7,9-12H2,1H3,(H,27,29). The minimum atomic E-state index is -1.47. The number of carbonyl (C=O) groups is 2. The maximum atomic E-state index is 13.4. The summed E-state index contributed by atoms with van der Waals surface area (Å²) in [5.74, 6) is -0.595. The van der Waals surface area contributed by atoms with Gasteiger partial charge < -0.3 is 14.8 Å². The minimum absolute atomic E-state index is 0.0140. The molecule has 9 heteroatoms. The second-order valence-corrected chi connectivity index (χ2v) is 8.78. The van der Waals surface area contributed by atoms with Crippen LogP contribution in [0.2, 0.25) is 5.02 Å². The van der Waals surface area contributed by atoms with Crippen LogP contribution in [0.4, 0.5) is 8.78 Å². The van der Waals surface area contributed by atoms with Crippen LogP contribution in [0.1, 0.15) is 43.0 Å². The Kier molecular flexibility index (Phi) is 5.60. The molecule has 31 heavy (non-hydrogen) atoms. The van der Waals surface area contributed by atoms with Crippen LogP contribution in [-0.2, 0) is 4.79 Å². The Morgan fingerprint density at radius 2 is 2.00 bits per heavy atom. The highest BCUT2D eigenvalue weighted by Crippen LogP contribution is 2.69. The summed E-state index contributed by atoms with van der Waals surface area (Å²) in [4.78, 5) is 28.7. The second kappa shape index (κ2) is 8.07. The molecule has 1 N–H and O–H groups in total. The van der Waals surface area contributed by atoms with E-state index < -0.39 is 12.2 Å². The van der Waals surface area contributed by atoms with Crippen molar-refractivity contribution in [3.05, 3.63) is 52.9 Å². The molecule has 1 unspecified atom stereocenters. The number of ketones is 1. The number of halogens is 3. The van der Waals surface area contributed by atoms with Gasteiger partial charge in [-0.25, -0.2) is 13.8 Å². The lowest BCUT2D eigenvalue weighted by atomic mass is 9.38. The third-order valence-corrected chi connectivity index (χ3v) is 5.99. The molecule has 164 valence electrons. The van der Waals surface area contributed by atoms with E-state index in [0.717, 1.165) is 25.3 Å². The maximum absolute atomic E-state index is 13.4. The van der Waals surface area contributed by atoms with Gasteiger partial charge in [0.25, 0.3) is 5.91 Å². The van der Waals surface area contributed by atoms with Crippen molar-refractivity contribution in [3.63, 3.8) is 0 Å². The van der Waals surface area contributed by atoms with Crippen molar-refractivity contribution in [2.75, 3.05) is 6.61 Å². The van der Waals surface area contributed by atoms with Gasteiger partial charge >= 0.3 is 0 Å². The number of hydrogen-bond donors (Lipinski definition) is 1. The largest absolute Gasteiger partial charge is 0.484 e. The van der Waals surface area contributed by atoms with E-state index in [1.54, 1.807) is 6.07 Å². The van der Waals surface area contributed by atoms with Crippen molar-refractivity contribution in [2.24, 2.45) is 5.41 Å². The number of nitrogens with zero attached hydrogens (tertiary/aromatic N) is 1. The Morgan fingerprint density at radius 3 is 2.61 bits per heavy atom. The summed E-state index contributed by atoms with van der Waals surface area (Å²) < 4.78 is 36.4. The highest BCUT2D eigenvalue weighted by molar-refractivity contribution is 6.30. The quantitative estimate of drug-likeness (QED) is 0.578. The Labute approximate surface area is 182 Å². The predicted molar refractivity (Wildman–Crippen MR) is 108 cm³/mol. The number of hydrogen-bond acceptors (Lipinski definition) is 5. The van der Waals surface area contributed by atoms with Gasteiger partial charge in [-0.1, -0.05) is 11.6 Å². The van der Waals surface area contributed by atoms with E-state index in [-0.39, 0.29) is 45.9 Å². The number of nitrogens with one attached hydrogen (secondary N) is 1. The fraction of sp³-hybridized carbons (Fsp3) is 0.409. The second-order valence-electron chi connectivity index (χ2n) is 8.37. The molecule has 2 aromatic rings. The molecule has 3 saturated carbocycles. The van der Waals surface area contributed by atoms with Gasteiger partial charge in [-0.2, -0.15) is 0 Å². The van der Waals surface area contributed by atoms with E-state index in [2.05, 4.69) is 10.3 Å². The normalized spacial score (nSPS) is 24.4. The topological polar surface area (TPSA) is 77.5 Å². The zero-order chi connectivity index (χ0) is 22.2. The zero-order valence-electron chi connectivity index (χ0n) is 16.8. The molecule has 0 aliphatic heterocycles. The van der Waals surface area contributed by atoms with Crippen molar-refractivity contribution in [1.29, 1.82) is 0 Å². The fourth-order valence-corrected chi connectivity index (χ4v) is 4.71. The van der Waals surface area contributed by atoms with Crippen LogP contribution in [-0.4, -0.2) is 35.2 Å². The van der Waals surface area contributed by atoms with Gasteiger partial charge in [0.2, 0.25) is 12.2 Å². The highest BCUT2D eigenvalue weighted by Gasteiger charge is 2.68. The van der Waals surface area contributed by atoms with Gasteiger partial charge in [0.15, 0.2) is 12.4 Å². The van der Waals surface area contributed by atoms with Crippen LogP contribution in [0, 0.1) is 11.2 Å². The summed E-state index contributed by atoms with van der Waals surface area (Å²) in [6.07, 6.45) is 2.45. The monoisotopic (exact) mass is 450 g/mol. The minimum Gasteiger partial charge on any atom is -0.484 e. The van der Waals surface area contributed by atoms with E-state index in [9.17, 15) is 18.4 Å². The van der Waals surface area contributed by atoms with Crippen molar-refractivity contribution in [3.8, 4) is 11.6 Å². The van der Waals surface area contributed by atoms with Gasteiger partial charge in [-0.15, -0.1) is 0 Å². The van der Waals surface area contributed by atoms with Gasteiger partial charge in [0.1, 0.15) is 11.6 Å². The number of ether oxygens (including phenoxy) is 2. The van der Waals surface area contributed by atoms with Crippen LogP contribution < -0.4 is 14.8 Å². The Morgan fingerprint density at radius 1 is 1.26 bits per heavy atom. The fourth-order valence-electron chi connectivity index (χ4n) is 4.59. The number of alkyl halides is 1. The van der Waals surface area contributed by atoms with E-state index >= 15 is 0 Å². The van der Waals surface area contributed by atoms with Gasteiger partial charge in [0, 0.05) is 42.8 Å². The lowest BCUT2D eigenvalue weighted by Gasteiger charge is -2.70. The first-order chi connectivity index (χ1) is 14.7. The molecule has 6 nitrogen and oxygen atoms in total. The zero-order valence-corrected chi connectivity index (χ0v) is 17.5. The SMILES string of the molecule is CC(F)Oc1ccc(C(=O)CC23CC(NC(=O)COc4ccc(Cl)c(F)c4)(C2)C3)cn1. The summed E-state index contributed by atoms with van der Waals surface area (Å²) in [7, 11) is 0. The maximum Gasteiger partial charge on any atom is 0.258 e. The third kappa shape index (κ3) is 4.63. The van der Waals surface area contributed by atoms with Gasteiger partial charge in [-0.05, 0) is 42.9 Å². The molecule has 0 saturated heterocycles. The molecule has 3 aliphatic carbocycles. The third-order valence-electron chi connectivity index (χ3n) is 5.68. The summed E-state index contributed by atoms with van der Waals surface area (Å²) in [6, 6.07) is 7.03. The highest BCUT2D eigenvalue weighted by atomic mass is 35.5. The molecule has 0 spiro atoms. The molecule has 3 fully saturated rings. The molecule has 0 radical (unpaired) electrons. The molecule has 2 bridgehead atoms. The Hall–Kier alpha value is -2.74. The number of rotatable bonds is 9.